The zero-order valence-electron chi connectivity index (χ0n) is 11.5. The van der Waals surface area contributed by atoms with Crippen LogP contribution in [0.25, 0.3) is 6.08 Å². The number of hydrogen-bond acceptors (Lipinski definition) is 3. The van der Waals surface area contributed by atoms with E-state index < -0.39 is 5.97 Å². The highest BCUT2D eigenvalue weighted by molar-refractivity contribution is 6.01. The molecule has 0 aliphatic rings. The number of anilines is 1. The fraction of sp³-hybridized carbons (Fsp3) is 0.133. The van der Waals surface area contributed by atoms with Gasteiger partial charge in [-0.2, -0.15) is 5.10 Å². The lowest BCUT2D eigenvalue weighted by Gasteiger charge is -2.03. The van der Waals surface area contributed by atoms with Gasteiger partial charge >= 0.3 is 5.97 Å². The van der Waals surface area contributed by atoms with Crippen LogP contribution >= 0.6 is 0 Å². The minimum Gasteiger partial charge on any atom is -0.481 e. The number of nitrogens with zero attached hydrogens (tertiary/aromatic N) is 2. The third-order valence-corrected chi connectivity index (χ3v) is 2.84. The molecule has 0 fully saturated rings. The normalized spacial score (nSPS) is 10.7. The van der Waals surface area contributed by atoms with E-state index in [9.17, 15) is 9.59 Å². The van der Waals surface area contributed by atoms with Gasteiger partial charge in [0.25, 0.3) is 0 Å². The van der Waals surface area contributed by atoms with Crippen molar-refractivity contribution in [3.8, 4) is 0 Å². The second kappa shape index (κ2) is 6.51. The summed E-state index contributed by atoms with van der Waals surface area (Å²) in [6, 6.07) is 8.50. The fourth-order valence-electron chi connectivity index (χ4n) is 1.77. The molecule has 1 aromatic heterocycles. The molecular formula is C15H15N3O3. The summed E-state index contributed by atoms with van der Waals surface area (Å²) in [6.45, 7) is 0. The van der Waals surface area contributed by atoms with Crippen molar-refractivity contribution in [1.29, 1.82) is 0 Å². The van der Waals surface area contributed by atoms with E-state index in [1.807, 2.05) is 0 Å². The Morgan fingerprint density at radius 2 is 2.00 bits per heavy atom. The highest BCUT2D eigenvalue weighted by Crippen LogP contribution is 2.10. The molecule has 0 spiro atoms. The number of aliphatic carboxylic acids is 1. The van der Waals surface area contributed by atoms with E-state index in [1.165, 1.54) is 6.08 Å². The van der Waals surface area contributed by atoms with Crippen molar-refractivity contribution in [2.45, 2.75) is 6.42 Å². The monoisotopic (exact) mass is 285 g/mol. The molecule has 0 radical (unpaired) electrons. The molecule has 0 bridgehead atoms. The first kappa shape index (κ1) is 14.5. The Balaban J connectivity index is 1.95. The maximum absolute atomic E-state index is 11.8. The van der Waals surface area contributed by atoms with Crippen molar-refractivity contribution in [3.05, 3.63) is 53.9 Å². The molecule has 6 nitrogen and oxygen atoms in total. The summed E-state index contributed by atoms with van der Waals surface area (Å²) in [5, 5.41) is 15.4. The highest BCUT2D eigenvalue weighted by atomic mass is 16.4. The van der Waals surface area contributed by atoms with Gasteiger partial charge in [-0.25, -0.2) is 0 Å². The van der Waals surface area contributed by atoms with Crippen molar-refractivity contribution in [3.63, 3.8) is 0 Å². The number of carboxylic acid groups (broad SMARTS) is 1. The van der Waals surface area contributed by atoms with Crippen LogP contribution in [-0.4, -0.2) is 26.8 Å². The first-order valence-corrected chi connectivity index (χ1v) is 6.32. The molecule has 0 aliphatic heterocycles. The molecule has 6 heteroatoms. The summed E-state index contributed by atoms with van der Waals surface area (Å²) in [5.41, 5.74) is 2.12. The Bertz CT molecular complexity index is 672. The number of rotatable bonds is 5. The van der Waals surface area contributed by atoms with E-state index >= 15 is 0 Å². The second-order valence-electron chi connectivity index (χ2n) is 4.47. The number of amides is 1. The Morgan fingerprint density at radius 1 is 1.29 bits per heavy atom. The van der Waals surface area contributed by atoms with E-state index in [-0.39, 0.29) is 12.3 Å². The van der Waals surface area contributed by atoms with Crippen LogP contribution in [0.3, 0.4) is 0 Å². The molecule has 0 saturated carbocycles. The van der Waals surface area contributed by atoms with E-state index in [4.69, 9.17) is 5.11 Å². The smallest absolute Gasteiger partial charge is 0.307 e. The van der Waals surface area contributed by atoms with Crippen LogP contribution in [-0.2, 0) is 23.1 Å². The van der Waals surface area contributed by atoms with Crippen LogP contribution in [0.4, 0.5) is 5.69 Å². The maximum atomic E-state index is 11.8. The van der Waals surface area contributed by atoms with E-state index in [0.29, 0.717) is 11.3 Å². The second-order valence-corrected chi connectivity index (χ2v) is 4.47. The van der Waals surface area contributed by atoms with Crippen molar-refractivity contribution in [1.82, 2.24) is 9.78 Å². The van der Waals surface area contributed by atoms with Gasteiger partial charge in [-0.1, -0.05) is 12.1 Å². The van der Waals surface area contributed by atoms with Crippen LogP contribution in [0.5, 0.6) is 0 Å². The molecule has 2 aromatic rings. The zero-order valence-corrected chi connectivity index (χ0v) is 11.5. The van der Waals surface area contributed by atoms with Crippen LogP contribution in [0.2, 0.25) is 0 Å². The molecule has 1 aromatic carbocycles. The van der Waals surface area contributed by atoms with Gasteiger partial charge < -0.3 is 10.4 Å². The third kappa shape index (κ3) is 4.31. The molecule has 0 unspecified atom stereocenters. The number of carbonyl (C=O) groups is 2. The number of carboxylic acids is 1. The fourth-order valence-corrected chi connectivity index (χ4v) is 1.77. The first-order chi connectivity index (χ1) is 10.0. The lowest BCUT2D eigenvalue weighted by Crippen LogP contribution is -2.08. The average molecular weight is 285 g/mol. The van der Waals surface area contributed by atoms with Crippen LogP contribution in [0.1, 0.15) is 11.3 Å². The van der Waals surface area contributed by atoms with Crippen molar-refractivity contribution < 1.29 is 14.7 Å². The number of aromatic nitrogens is 2. The Morgan fingerprint density at radius 3 is 2.57 bits per heavy atom. The van der Waals surface area contributed by atoms with Crippen molar-refractivity contribution in [2.24, 2.45) is 7.05 Å². The van der Waals surface area contributed by atoms with Gasteiger partial charge in [-0.05, 0) is 29.8 Å². The molecule has 1 heterocycles. The van der Waals surface area contributed by atoms with Gasteiger partial charge in [-0.15, -0.1) is 0 Å². The predicted molar refractivity (Wildman–Crippen MR) is 78.7 cm³/mol. The standard InChI is InChI=1S/C15H15N3O3/c1-18-13(8-9-16-18)6-7-14(19)17-12-4-2-11(3-5-12)10-15(20)21/h2-9H,10H2,1H3,(H,17,19)(H,20,21)/b7-6+. The molecular weight excluding hydrogens is 270 g/mol. The zero-order chi connectivity index (χ0) is 15.2. The van der Waals surface area contributed by atoms with Crippen LogP contribution in [0.15, 0.2) is 42.6 Å². The van der Waals surface area contributed by atoms with Gasteiger partial charge in [0.05, 0.1) is 12.1 Å². The Labute approximate surface area is 121 Å². The molecule has 0 atom stereocenters. The van der Waals surface area contributed by atoms with Crippen molar-refractivity contribution >= 4 is 23.6 Å². The molecule has 0 saturated heterocycles. The predicted octanol–water partition coefficient (Wildman–Crippen LogP) is 1.70. The third-order valence-electron chi connectivity index (χ3n) is 2.84. The minimum atomic E-state index is -0.883. The molecule has 2 N–H and O–H groups in total. The number of benzene rings is 1. The molecule has 21 heavy (non-hydrogen) atoms. The van der Waals surface area contributed by atoms with Gasteiger partial charge in [-0.3, -0.25) is 14.3 Å². The number of aryl methyl sites for hydroxylation is 1. The summed E-state index contributed by atoms with van der Waals surface area (Å²) in [7, 11) is 1.79. The summed E-state index contributed by atoms with van der Waals surface area (Å²) in [6.07, 6.45) is 4.71. The van der Waals surface area contributed by atoms with Gasteiger partial charge in [0, 0.05) is 25.0 Å². The minimum absolute atomic E-state index is 0.0331. The maximum Gasteiger partial charge on any atom is 0.307 e. The molecule has 0 aliphatic carbocycles. The van der Waals surface area contributed by atoms with E-state index in [0.717, 1.165) is 5.69 Å². The first-order valence-electron chi connectivity index (χ1n) is 6.32. The highest BCUT2D eigenvalue weighted by Gasteiger charge is 2.02. The number of nitrogens with one attached hydrogen (secondary N) is 1. The molecule has 108 valence electrons. The molecule has 2 rings (SSSR count). The lowest BCUT2D eigenvalue weighted by atomic mass is 10.1. The summed E-state index contributed by atoms with van der Waals surface area (Å²) < 4.78 is 1.66. The molecule has 1 amide bonds. The quantitative estimate of drug-likeness (QED) is 0.819. The summed E-state index contributed by atoms with van der Waals surface area (Å²) >= 11 is 0. The van der Waals surface area contributed by atoms with Crippen molar-refractivity contribution in [2.75, 3.05) is 5.32 Å². The summed E-state index contributed by atoms with van der Waals surface area (Å²) in [5.74, 6) is -1.15. The van der Waals surface area contributed by atoms with Crippen LogP contribution < -0.4 is 5.32 Å². The SMILES string of the molecule is Cn1nccc1/C=C/C(=O)Nc1ccc(CC(=O)O)cc1. The van der Waals surface area contributed by atoms with E-state index in [2.05, 4.69) is 10.4 Å². The average Bonchev–Trinajstić information content (AvgIpc) is 2.84. The number of carbonyl (C=O) groups excluding carboxylic acids is 1. The van der Waals surface area contributed by atoms with Gasteiger partial charge in [0.2, 0.25) is 5.91 Å². The topological polar surface area (TPSA) is 84.2 Å². The summed E-state index contributed by atoms with van der Waals surface area (Å²) in [4.78, 5) is 22.3. The van der Waals surface area contributed by atoms with E-state index in [1.54, 1.807) is 54.3 Å². The number of hydrogen-bond donors (Lipinski definition) is 2. The largest absolute Gasteiger partial charge is 0.481 e. The van der Waals surface area contributed by atoms with Gasteiger partial charge in [0.15, 0.2) is 0 Å². The van der Waals surface area contributed by atoms with Gasteiger partial charge in [0.1, 0.15) is 0 Å². The Hall–Kier alpha value is -2.89. The van der Waals surface area contributed by atoms with Crippen LogP contribution in [0, 0.1) is 0 Å². The Kier molecular flexibility index (Phi) is 4.50. The lowest BCUT2D eigenvalue weighted by molar-refractivity contribution is -0.136.